The lowest BCUT2D eigenvalue weighted by atomic mass is 9.87. The van der Waals surface area contributed by atoms with Gasteiger partial charge in [0, 0.05) is 29.4 Å². The van der Waals surface area contributed by atoms with Crippen molar-refractivity contribution >= 4 is 11.8 Å². The molecule has 0 amide bonds. The van der Waals surface area contributed by atoms with E-state index in [1.54, 1.807) is 0 Å². The molecule has 1 aliphatic heterocycles. The van der Waals surface area contributed by atoms with Crippen molar-refractivity contribution in [3.8, 4) is 0 Å². The summed E-state index contributed by atoms with van der Waals surface area (Å²) in [5, 5.41) is 3.55. The summed E-state index contributed by atoms with van der Waals surface area (Å²) >= 11 is 1.93. The van der Waals surface area contributed by atoms with Crippen molar-refractivity contribution in [2.75, 3.05) is 24.7 Å². The highest BCUT2D eigenvalue weighted by Gasteiger charge is 2.24. The van der Waals surface area contributed by atoms with Crippen LogP contribution in [0.2, 0.25) is 0 Å². The molecule has 0 spiro atoms. The van der Waals surface area contributed by atoms with E-state index in [1.165, 1.54) is 17.7 Å². The molecule has 116 valence electrons. The van der Waals surface area contributed by atoms with Crippen LogP contribution in [0.1, 0.15) is 43.5 Å². The Hall–Kier alpha value is -0.650. The maximum absolute atomic E-state index is 5.79. The summed E-state index contributed by atoms with van der Waals surface area (Å²) in [6.07, 6.45) is 5.55. The topological polar surface area (TPSA) is 47.0 Å². The standard InChI is InChI=1S/C16H25N3OS/c1-11(2)17-8-12-3-4-14-13(7-12)9-18-16(19-14)15-10-21-6-5-20-15/h9,11-12,15,17H,3-8,10H2,1-2H3. The zero-order valence-corrected chi connectivity index (χ0v) is 13.8. The first kappa shape index (κ1) is 15.3. The van der Waals surface area contributed by atoms with Crippen LogP contribution in [-0.4, -0.2) is 40.7 Å². The molecular weight excluding hydrogens is 282 g/mol. The van der Waals surface area contributed by atoms with Crippen molar-refractivity contribution in [3.05, 3.63) is 23.3 Å². The lowest BCUT2D eigenvalue weighted by Crippen LogP contribution is -2.32. The van der Waals surface area contributed by atoms with Gasteiger partial charge < -0.3 is 10.1 Å². The molecule has 21 heavy (non-hydrogen) atoms. The molecule has 2 atom stereocenters. The molecule has 4 nitrogen and oxygen atoms in total. The van der Waals surface area contributed by atoms with Crippen LogP contribution in [0.25, 0.3) is 0 Å². The predicted octanol–water partition coefficient (Wildman–Crippen LogP) is 2.38. The second kappa shape index (κ2) is 7.07. The van der Waals surface area contributed by atoms with Crippen LogP contribution in [0.4, 0.5) is 0 Å². The summed E-state index contributed by atoms with van der Waals surface area (Å²) in [5.41, 5.74) is 2.59. The Bertz CT molecular complexity index is 475. The first-order chi connectivity index (χ1) is 10.2. The summed E-state index contributed by atoms with van der Waals surface area (Å²) < 4.78 is 5.79. The average molecular weight is 307 g/mol. The van der Waals surface area contributed by atoms with Gasteiger partial charge in [0.2, 0.25) is 0 Å². The summed E-state index contributed by atoms with van der Waals surface area (Å²) in [6.45, 7) is 6.32. The molecule has 3 rings (SSSR count). The molecule has 1 aromatic heterocycles. The van der Waals surface area contributed by atoms with Gasteiger partial charge >= 0.3 is 0 Å². The average Bonchev–Trinajstić information content (AvgIpc) is 2.53. The molecule has 2 heterocycles. The van der Waals surface area contributed by atoms with E-state index in [9.17, 15) is 0 Å². The Labute approximate surface area is 131 Å². The molecule has 2 aliphatic rings. The first-order valence-electron chi connectivity index (χ1n) is 8.00. The minimum atomic E-state index is 0.0920. The molecule has 1 fully saturated rings. The number of fused-ring (bicyclic) bond motifs is 1. The molecule has 0 radical (unpaired) electrons. The lowest BCUT2D eigenvalue weighted by Gasteiger charge is -2.26. The number of nitrogens with zero attached hydrogens (tertiary/aromatic N) is 2. The minimum Gasteiger partial charge on any atom is -0.368 e. The first-order valence-corrected chi connectivity index (χ1v) is 9.15. The Kier molecular flexibility index (Phi) is 5.14. The van der Waals surface area contributed by atoms with Gasteiger partial charge in [0.1, 0.15) is 6.10 Å². The van der Waals surface area contributed by atoms with Gasteiger partial charge in [-0.1, -0.05) is 13.8 Å². The SMILES string of the molecule is CC(C)NCC1CCc2nc(C3CSCCO3)ncc2C1. The zero-order chi connectivity index (χ0) is 14.7. The van der Waals surface area contributed by atoms with Crippen LogP contribution in [0.15, 0.2) is 6.20 Å². The molecule has 5 heteroatoms. The van der Waals surface area contributed by atoms with Gasteiger partial charge in [0.25, 0.3) is 0 Å². The van der Waals surface area contributed by atoms with Crippen LogP contribution in [0, 0.1) is 5.92 Å². The number of rotatable bonds is 4. The number of ether oxygens (including phenoxy) is 1. The highest BCUT2D eigenvalue weighted by Crippen LogP contribution is 2.28. The van der Waals surface area contributed by atoms with Gasteiger partial charge in [-0.15, -0.1) is 0 Å². The number of nitrogens with one attached hydrogen (secondary N) is 1. The Morgan fingerprint density at radius 3 is 3.14 bits per heavy atom. The molecule has 0 saturated carbocycles. The maximum Gasteiger partial charge on any atom is 0.158 e. The highest BCUT2D eigenvalue weighted by molar-refractivity contribution is 7.99. The number of thioether (sulfide) groups is 1. The second-order valence-corrected chi connectivity index (χ2v) is 7.46. The van der Waals surface area contributed by atoms with Gasteiger partial charge in [-0.2, -0.15) is 11.8 Å². The Balaban J connectivity index is 1.64. The van der Waals surface area contributed by atoms with Gasteiger partial charge in [0.05, 0.1) is 6.61 Å². The predicted molar refractivity (Wildman–Crippen MR) is 86.7 cm³/mol. The normalized spacial score (nSPS) is 25.9. The number of hydrogen-bond acceptors (Lipinski definition) is 5. The van der Waals surface area contributed by atoms with Crippen molar-refractivity contribution in [1.82, 2.24) is 15.3 Å². The highest BCUT2D eigenvalue weighted by atomic mass is 32.2. The fraction of sp³-hybridized carbons (Fsp3) is 0.750. The monoisotopic (exact) mass is 307 g/mol. The summed E-state index contributed by atoms with van der Waals surface area (Å²) in [6, 6.07) is 0.561. The third kappa shape index (κ3) is 3.96. The molecule has 1 N–H and O–H groups in total. The largest absolute Gasteiger partial charge is 0.368 e. The molecular formula is C16H25N3OS. The lowest BCUT2D eigenvalue weighted by molar-refractivity contribution is 0.0691. The van der Waals surface area contributed by atoms with Crippen LogP contribution < -0.4 is 5.32 Å². The number of aromatic nitrogens is 2. The summed E-state index contributed by atoms with van der Waals surface area (Å²) in [4.78, 5) is 9.37. The van der Waals surface area contributed by atoms with Gasteiger partial charge in [-0.05, 0) is 37.3 Å². The molecule has 1 saturated heterocycles. The fourth-order valence-electron chi connectivity index (χ4n) is 2.97. The molecule has 1 aromatic rings. The van der Waals surface area contributed by atoms with E-state index in [4.69, 9.17) is 9.72 Å². The molecule has 0 bridgehead atoms. The summed E-state index contributed by atoms with van der Waals surface area (Å²) in [7, 11) is 0. The minimum absolute atomic E-state index is 0.0920. The van der Waals surface area contributed by atoms with Crippen molar-refractivity contribution in [3.63, 3.8) is 0 Å². The summed E-state index contributed by atoms with van der Waals surface area (Å²) in [5.74, 6) is 3.68. The van der Waals surface area contributed by atoms with Crippen molar-refractivity contribution < 1.29 is 4.74 Å². The van der Waals surface area contributed by atoms with Crippen LogP contribution >= 0.6 is 11.8 Å². The van der Waals surface area contributed by atoms with Crippen molar-refractivity contribution in [2.24, 2.45) is 5.92 Å². The van der Waals surface area contributed by atoms with E-state index in [1.807, 2.05) is 18.0 Å². The quantitative estimate of drug-likeness (QED) is 0.925. The number of aryl methyl sites for hydroxylation is 1. The van der Waals surface area contributed by atoms with E-state index >= 15 is 0 Å². The maximum atomic E-state index is 5.79. The number of hydrogen-bond donors (Lipinski definition) is 1. The van der Waals surface area contributed by atoms with Gasteiger partial charge in [-0.3, -0.25) is 0 Å². The smallest absolute Gasteiger partial charge is 0.158 e. The van der Waals surface area contributed by atoms with Crippen molar-refractivity contribution in [2.45, 2.75) is 45.3 Å². The molecule has 0 aromatic carbocycles. The van der Waals surface area contributed by atoms with Crippen LogP contribution in [0.5, 0.6) is 0 Å². The second-order valence-electron chi connectivity index (χ2n) is 6.31. The van der Waals surface area contributed by atoms with E-state index in [-0.39, 0.29) is 6.10 Å². The van der Waals surface area contributed by atoms with E-state index in [2.05, 4.69) is 24.1 Å². The van der Waals surface area contributed by atoms with Crippen LogP contribution in [0.3, 0.4) is 0 Å². The van der Waals surface area contributed by atoms with E-state index in [0.717, 1.165) is 49.2 Å². The third-order valence-corrected chi connectivity index (χ3v) is 5.18. The van der Waals surface area contributed by atoms with Crippen molar-refractivity contribution in [1.29, 1.82) is 0 Å². The Morgan fingerprint density at radius 1 is 1.48 bits per heavy atom. The zero-order valence-electron chi connectivity index (χ0n) is 13.0. The van der Waals surface area contributed by atoms with E-state index < -0.39 is 0 Å². The molecule has 1 aliphatic carbocycles. The van der Waals surface area contributed by atoms with E-state index in [0.29, 0.717) is 6.04 Å². The van der Waals surface area contributed by atoms with Gasteiger partial charge in [0.15, 0.2) is 5.82 Å². The third-order valence-electron chi connectivity index (χ3n) is 4.19. The van der Waals surface area contributed by atoms with Gasteiger partial charge in [-0.25, -0.2) is 9.97 Å². The van der Waals surface area contributed by atoms with Crippen LogP contribution in [-0.2, 0) is 17.6 Å². The molecule has 2 unspecified atom stereocenters. The Morgan fingerprint density at radius 2 is 2.38 bits per heavy atom. The fourth-order valence-corrected chi connectivity index (χ4v) is 3.81.